The molecule has 0 saturated heterocycles. The van der Waals surface area contributed by atoms with Gasteiger partial charge in [0.1, 0.15) is 5.56 Å². The molecule has 1 aromatic rings. The molecule has 1 aromatic heterocycles. The average Bonchev–Trinajstić information content (AvgIpc) is 2.54. The van der Waals surface area contributed by atoms with Gasteiger partial charge in [0.05, 0.1) is 0 Å². The second kappa shape index (κ2) is 8.24. The Bertz CT molecular complexity index is 716. The first-order valence-corrected chi connectivity index (χ1v) is 8.71. The molecule has 0 radical (unpaired) electrons. The van der Waals surface area contributed by atoms with Crippen LogP contribution in [0.2, 0.25) is 0 Å². The minimum atomic E-state index is -0.396. The lowest BCUT2D eigenvalue weighted by Crippen LogP contribution is -2.20. The van der Waals surface area contributed by atoms with Gasteiger partial charge in [0, 0.05) is 18.8 Å². The summed E-state index contributed by atoms with van der Waals surface area (Å²) in [6.07, 6.45) is 10.3. The first-order valence-electron chi connectivity index (χ1n) is 8.30. The van der Waals surface area contributed by atoms with Crippen LogP contribution in [0.3, 0.4) is 0 Å². The van der Waals surface area contributed by atoms with Crippen LogP contribution in [0.1, 0.15) is 64.0 Å². The summed E-state index contributed by atoms with van der Waals surface area (Å²) in [5.41, 5.74) is 1.23. The largest absolute Gasteiger partial charge is 0.494 e. The number of nitrogens with one attached hydrogen (secondary N) is 1. The lowest BCUT2D eigenvalue weighted by Gasteiger charge is -2.16. The summed E-state index contributed by atoms with van der Waals surface area (Å²) >= 11 is 5.15. The minimum Gasteiger partial charge on any atom is -0.494 e. The topological polar surface area (TPSA) is 70.4 Å². The molecule has 0 saturated carbocycles. The maximum Gasteiger partial charge on any atom is 0.264 e. The van der Waals surface area contributed by atoms with Crippen molar-refractivity contribution in [1.82, 2.24) is 9.55 Å². The third kappa shape index (κ3) is 4.41. The molecule has 0 fully saturated rings. The van der Waals surface area contributed by atoms with Crippen molar-refractivity contribution in [3.63, 3.8) is 0 Å². The Morgan fingerprint density at radius 3 is 2.96 bits per heavy atom. The number of aromatic hydroxyl groups is 1. The number of aromatic nitrogens is 2. The highest BCUT2D eigenvalue weighted by Gasteiger charge is 2.14. The molecule has 6 heteroatoms. The Hall–Kier alpha value is -1.69. The van der Waals surface area contributed by atoms with E-state index >= 15 is 0 Å². The van der Waals surface area contributed by atoms with Gasteiger partial charge in [-0.15, -0.1) is 0 Å². The Morgan fingerprint density at radius 1 is 1.52 bits per heavy atom. The molecule has 0 aromatic carbocycles. The molecule has 1 aliphatic rings. The maximum absolute atomic E-state index is 12.0. The van der Waals surface area contributed by atoms with Crippen molar-refractivity contribution < 1.29 is 5.11 Å². The van der Waals surface area contributed by atoms with Crippen LogP contribution in [0, 0.1) is 4.77 Å². The molecule has 23 heavy (non-hydrogen) atoms. The van der Waals surface area contributed by atoms with Crippen LogP contribution in [0.15, 0.2) is 21.4 Å². The molecule has 1 heterocycles. The van der Waals surface area contributed by atoms with Crippen molar-refractivity contribution in [2.45, 2.75) is 58.4 Å². The summed E-state index contributed by atoms with van der Waals surface area (Å²) in [5.74, 6) is -0.103. The van der Waals surface area contributed by atoms with E-state index in [0.29, 0.717) is 6.54 Å². The Morgan fingerprint density at radius 2 is 2.30 bits per heavy atom. The molecule has 0 aliphatic heterocycles. The molecule has 0 amide bonds. The van der Waals surface area contributed by atoms with E-state index in [1.165, 1.54) is 24.6 Å². The van der Waals surface area contributed by atoms with Gasteiger partial charge < -0.3 is 5.11 Å². The molecule has 2 N–H and O–H groups in total. The number of rotatable bonds is 6. The van der Waals surface area contributed by atoms with E-state index in [-0.39, 0.29) is 22.3 Å². The van der Waals surface area contributed by atoms with Crippen LogP contribution in [-0.4, -0.2) is 27.4 Å². The predicted octanol–water partition coefficient (Wildman–Crippen LogP) is 3.89. The highest BCUT2D eigenvalue weighted by Crippen LogP contribution is 2.21. The number of hydrogen-bond acceptors (Lipinski definition) is 4. The van der Waals surface area contributed by atoms with Crippen LogP contribution < -0.4 is 5.56 Å². The molecule has 0 spiro atoms. The van der Waals surface area contributed by atoms with Gasteiger partial charge in [0.15, 0.2) is 4.77 Å². The van der Waals surface area contributed by atoms with Gasteiger partial charge >= 0.3 is 0 Å². The van der Waals surface area contributed by atoms with Gasteiger partial charge in [0.2, 0.25) is 5.88 Å². The van der Waals surface area contributed by atoms with Crippen LogP contribution in [0.5, 0.6) is 5.88 Å². The quantitative estimate of drug-likeness (QED) is 0.471. The third-order valence-corrected chi connectivity index (χ3v) is 4.65. The van der Waals surface area contributed by atoms with Crippen molar-refractivity contribution in [3.05, 3.63) is 32.3 Å². The summed E-state index contributed by atoms with van der Waals surface area (Å²) < 4.78 is 1.81. The van der Waals surface area contributed by atoms with E-state index in [4.69, 9.17) is 12.2 Å². The number of hydrogen-bond donors (Lipinski definition) is 2. The monoisotopic (exact) mass is 335 g/mol. The van der Waals surface area contributed by atoms with Crippen LogP contribution in [0.4, 0.5) is 0 Å². The highest BCUT2D eigenvalue weighted by atomic mass is 32.1. The molecule has 5 nitrogen and oxygen atoms in total. The fourth-order valence-electron chi connectivity index (χ4n) is 2.76. The molecule has 0 bridgehead atoms. The first kappa shape index (κ1) is 17.7. The Balaban J connectivity index is 2.15. The van der Waals surface area contributed by atoms with Crippen LogP contribution in [-0.2, 0) is 0 Å². The normalized spacial score (nSPS) is 16.5. The molecular weight excluding hydrogens is 310 g/mol. The smallest absolute Gasteiger partial charge is 0.264 e. The molecule has 1 atom stereocenters. The molecule has 0 unspecified atom stereocenters. The zero-order valence-corrected chi connectivity index (χ0v) is 14.7. The van der Waals surface area contributed by atoms with Crippen molar-refractivity contribution in [3.8, 4) is 5.88 Å². The SMILES string of the molecule is CC[C@H](C)n1c(O)c(C=NCCC2=CCCCC2)c(=O)[nH]c1=S. The first-order chi connectivity index (χ1) is 11.0. The average molecular weight is 335 g/mol. The molecule has 126 valence electrons. The van der Waals surface area contributed by atoms with E-state index in [9.17, 15) is 9.90 Å². The van der Waals surface area contributed by atoms with E-state index in [1.807, 2.05) is 13.8 Å². The van der Waals surface area contributed by atoms with E-state index in [0.717, 1.165) is 25.7 Å². The third-order valence-electron chi connectivity index (χ3n) is 4.35. The maximum atomic E-state index is 12.0. The summed E-state index contributed by atoms with van der Waals surface area (Å²) in [5, 5.41) is 10.4. The van der Waals surface area contributed by atoms with E-state index < -0.39 is 5.56 Å². The van der Waals surface area contributed by atoms with Crippen molar-refractivity contribution in [2.75, 3.05) is 6.54 Å². The number of aromatic amines is 1. The summed E-state index contributed by atoms with van der Waals surface area (Å²) in [6, 6.07) is 0.0129. The fourth-order valence-corrected chi connectivity index (χ4v) is 3.11. The highest BCUT2D eigenvalue weighted by molar-refractivity contribution is 7.71. The van der Waals surface area contributed by atoms with Crippen LogP contribution in [0.25, 0.3) is 0 Å². The number of nitrogens with zero attached hydrogens (tertiary/aromatic N) is 2. The molecule has 2 rings (SSSR count). The fraction of sp³-hybridized carbons (Fsp3) is 0.588. The Labute approximate surface area is 141 Å². The lowest BCUT2D eigenvalue weighted by molar-refractivity contribution is 0.371. The summed E-state index contributed by atoms with van der Waals surface area (Å²) in [7, 11) is 0. The molecule has 1 aliphatic carbocycles. The van der Waals surface area contributed by atoms with Crippen molar-refractivity contribution in [1.29, 1.82) is 0 Å². The zero-order chi connectivity index (χ0) is 16.8. The lowest BCUT2D eigenvalue weighted by atomic mass is 9.97. The Kier molecular flexibility index (Phi) is 6.33. The van der Waals surface area contributed by atoms with Gasteiger partial charge in [0.25, 0.3) is 5.56 Å². The molecular formula is C17H25N3O2S. The number of aliphatic imine (C=N–C) groups is 1. The van der Waals surface area contributed by atoms with Gasteiger partial charge in [-0.25, -0.2) is 0 Å². The predicted molar refractivity (Wildman–Crippen MR) is 96.2 cm³/mol. The summed E-state index contributed by atoms with van der Waals surface area (Å²) in [4.78, 5) is 19.0. The van der Waals surface area contributed by atoms with E-state index in [1.54, 1.807) is 4.57 Å². The zero-order valence-electron chi connectivity index (χ0n) is 13.8. The number of H-pyrrole nitrogens is 1. The standard InChI is InChI=1S/C17H25N3O2S/c1-3-12(2)20-16(22)14(15(21)19-17(20)23)11-18-10-9-13-7-5-4-6-8-13/h7,11-12,22H,3-6,8-10H2,1-2H3,(H,19,21,23)/t12-/m0/s1. The summed E-state index contributed by atoms with van der Waals surface area (Å²) in [6.45, 7) is 4.58. The van der Waals surface area contributed by atoms with Gasteiger partial charge in [-0.05, 0) is 57.7 Å². The second-order valence-electron chi connectivity index (χ2n) is 6.02. The van der Waals surface area contributed by atoms with Crippen molar-refractivity contribution in [2.24, 2.45) is 4.99 Å². The van der Waals surface area contributed by atoms with Gasteiger partial charge in [-0.3, -0.25) is 19.3 Å². The van der Waals surface area contributed by atoms with Gasteiger partial charge in [-0.1, -0.05) is 18.6 Å². The minimum absolute atomic E-state index is 0.0129. The second-order valence-corrected chi connectivity index (χ2v) is 6.40. The van der Waals surface area contributed by atoms with E-state index in [2.05, 4.69) is 16.1 Å². The van der Waals surface area contributed by atoms with Gasteiger partial charge in [-0.2, -0.15) is 0 Å². The number of allylic oxidation sites excluding steroid dienone is 1. The van der Waals surface area contributed by atoms with Crippen molar-refractivity contribution >= 4 is 18.4 Å². The van der Waals surface area contributed by atoms with Crippen LogP contribution >= 0.6 is 12.2 Å².